The van der Waals surface area contributed by atoms with Gasteiger partial charge in [-0.1, -0.05) is 12.1 Å². The Labute approximate surface area is 119 Å². The first-order valence-corrected chi connectivity index (χ1v) is 5.99. The van der Waals surface area contributed by atoms with E-state index in [9.17, 15) is 0 Å². The zero-order chi connectivity index (χ0) is 12.8. The molecule has 2 rings (SSSR count). The number of hydrogen-bond acceptors (Lipinski definition) is 4. The molecule has 0 aliphatic rings. The summed E-state index contributed by atoms with van der Waals surface area (Å²) in [5.74, 6) is 1.59. The second-order valence-corrected chi connectivity index (χ2v) is 4.41. The van der Waals surface area contributed by atoms with Gasteiger partial charge in [-0.2, -0.15) is 0 Å². The van der Waals surface area contributed by atoms with Crippen LogP contribution in [-0.2, 0) is 13.0 Å². The highest BCUT2D eigenvalue weighted by Gasteiger charge is 2.00. The van der Waals surface area contributed by atoms with Crippen LogP contribution in [0, 0.1) is 0 Å². The van der Waals surface area contributed by atoms with Crippen molar-refractivity contribution in [1.82, 2.24) is 9.88 Å². The van der Waals surface area contributed by atoms with Crippen molar-refractivity contribution in [3.63, 3.8) is 0 Å². The maximum absolute atomic E-state index is 5.63. The van der Waals surface area contributed by atoms with Crippen LogP contribution < -0.4 is 4.74 Å². The van der Waals surface area contributed by atoms with Gasteiger partial charge < -0.3 is 14.1 Å². The van der Waals surface area contributed by atoms with Gasteiger partial charge in [0.2, 0.25) is 0 Å². The van der Waals surface area contributed by atoms with Crippen molar-refractivity contribution < 1.29 is 9.15 Å². The van der Waals surface area contributed by atoms with Gasteiger partial charge in [-0.3, -0.25) is 0 Å². The minimum atomic E-state index is 0. The molecule has 4 nitrogen and oxygen atoms in total. The average Bonchev–Trinajstić information content (AvgIpc) is 2.84. The third kappa shape index (κ3) is 5.32. The Balaban J connectivity index is 0.00000180. The highest BCUT2D eigenvalue weighted by molar-refractivity contribution is 5.85. The summed E-state index contributed by atoms with van der Waals surface area (Å²) in [5, 5.41) is 0. The zero-order valence-electron chi connectivity index (χ0n) is 11.2. The molecular weight excluding hydrogens is 264 g/mol. The lowest BCUT2D eigenvalue weighted by molar-refractivity contribution is 0.306. The summed E-state index contributed by atoms with van der Waals surface area (Å²) in [6, 6.07) is 8.16. The quantitative estimate of drug-likeness (QED) is 0.817. The van der Waals surface area contributed by atoms with Crippen LogP contribution in [0.3, 0.4) is 0 Å². The van der Waals surface area contributed by atoms with Crippen molar-refractivity contribution in [2.75, 3.05) is 20.7 Å². The fraction of sp³-hybridized carbons (Fsp3) is 0.357. The molecule has 1 aromatic heterocycles. The molecule has 2 aromatic rings. The van der Waals surface area contributed by atoms with Crippen LogP contribution in [0.25, 0.3) is 0 Å². The Bertz CT molecular complexity index is 455. The van der Waals surface area contributed by atoms with Gasteiger partial charge in [0.05, 0.1) is 19.2 Å². The van der Waals surface area contributed by atoms with Crippen molar-refractivity contribution in [2.24, 2.45) is 0 Å². The van der Waals surface area contributed by atoms with Gasteiger partial charge in [0.1, 0.15) is 12.0 Å². The average molecular weight is 283 g/mol. The molecule has 0 aliphatic carbocycles. The molecule has 1 heterocycles. The fourth-order valence-corrected chi connectivity index (χ4v) is 1.69. The molecule has 0 amide bonds. The molecule has 0 saturated heterocycles. The predicted molar refractivity (Wildman–Crippen MR) is 76.8 cm³/mol. The summed E-state index contributed by atoms with van der Waals surface area (Å²) >= 11 is 0. The molecule has 19 heavy (non-hydrogen) atoms. The van der Waals surface area contributed by atoms with Crippen LogP contribution in [-0.4, -0.2) is 30.6 Å². The van der Waals surface area contributed by atoms with Crippen LogP contribution in [0.5, 0.6) is 5.75 Å². The molecule has 0 radical (unpaired) electrons. The Morgan fingerprint density at radius 1 is 1.21 bits per heavy atom. The normalized spacial score (nSPS) is 10.3. The maximum Gasteiger partial charge on any atom is 0.197 e. The minimum absolute atomic E-state index is 0. The number of ether oxygens (including phenoxy) is 1. The van der Waals surface area contributed by atoms with Crippen LogP contribution in [0.15, 0.2) is 41.1 Å². The van der Waals surface area contributed by atoms with Crippen LogP contribution in [0.2, 0.25) is 0 Å². The van der Waals surface area contributed by atoms with E-state index < -0.39 is 0 Å². The molecule has 0 spiro atoms. The van der Waals surface area contributed by atoms with E-state index in [4.69, 9.17) is 9.15 Å². The lowest BCUT2D eigenvalue weighted by atomic mass is 10.2. The van der Waals surface area contributed by atoms with E-state index in [0.717, 1.165) is 12.3 Å². The van der Waals surface area contributed by atoms with Crippen molar-refractivity contribution in [3.05, 3.63) is 48.2 Å². The predicted octanol–water partition coefficient (Wildman–Crippen LogP) is 2.78. The summed E-state index contributed by atoms with van der Waals surface area (Å²) in [5.41, 5.74) is 1.28. The maximum atomic E-state index is 5.63. The first-order valence-electron chi connectivity index (χ1n) is 5.99. The number of benzene rings is 1. The molecule has 0 aliphatic heterocycles. The second kappa shape index (κ2) is 7.81. The molecule has 1 aromatic carbocycles. The lowest BCUT2D eigenvalue weighted by Gasteiger charge is -2.10. The van der Waals surface area contributed by atoms with E-state index in [1.807, 2.05) is 12.1 Å². The Morgan fingerprint density at radius 3 is 2.53 bits per heavy atom. The van der Waals surface area contributed by atoms with Gasteiger partial charge in [0.25, 0.3) is 0 Å². The van der Waals surface area contributed by atoms with Crippen LogP contribution in [0.4, 0.5) is 0 Å². The van der Waals surface area contributed by atoms with E-state index in [2.05, 4.69) is 36.1 Å². The van der Waals surface area contributed by atoms with Crippen molar-refractivity contribution in [2.45, 2.75) is 13.0 Å². The largest absolute Gasteiger partial charge is 0.493 e. The summed E-state index contributed by atoms with van der Waals surface area (Å²) in [4.78, 5) is 6.18. The van der Waals surface area contributed by atoms with Gasteiger partial charge in [-0.25, -0.2) is 4.98 Å². The first kappa shape index (κ1) is 15.5. The Hall–Kier alpha value is -1.52. The molecule has 104 valence electrons. The van der Waals surface area contributed by atoms with Crippen LogP contribution >= 0.6 is 12.4 Å². The van der Waals surface area contributed by atoms with E-state index in [-0.39, 0.29) is 12.4 Å². The standard InChI is InChI=1S/C14H18N2O2.ClH/c1-16(2)11-12-3-5-13(6-4-12)17-9-7-14-15-8-10-18-14;/h3-6,8,10H,7,9,11H2,1-2H3;1H. The van der Waals surface area contributed by atoms with Gasteiger partial charge >= 0.3 is 0 Å². The minimum Gasteiger partial charge on any atom is -0.493 e. The molecular formula is C14H19ClN2O2. The molecule has 0 bridgehead atoms. The number of rotatable bonds is 6. The molecule has 5 heteroatoms. The van der Waals surface area contributed by atoms with Crippen LogP contribution in [0.1, 0.15) is 11.5 Å². The van der Waals surface area contributed by atoms with E-state index in [1.54, 1.807) is 12.5 Å². The number of oxazole rings is 1. The zero-order valence-corrected chi connectivity index (χ0v) is 12.0. The number of aromatic nitrogens is 1. The topological polar surface area (TPSA) is 38.5 Å². The van der Waals surface area contributed by atoms with E-state index in [1.165, 1.54) is 5.56 Å². The highest BCUT2D eigenvalue weighted by atomic mass is 35.5. The number of nitrogens with zero attached hydrogens (tertiary/aromatic N) is 2. The summed E-state index contributed by atoms with van der Waals surface area (Å²) < 4.78 is 10.8. The summed E-state index contributed by atoms with van der Waals surface area (Å²) in [7, 11) is 4.11. The summed E-state index contributed by atoms with van der Waals surface area (Å²) in [6.07, 6.45) is 3.91. The third-order valence-corrected chi connectivity index (χ3v) is 2.49. The monoisotopic (exact) mass is 282 g/mol. The molecule has 0 fully saturated rings. The van der Waals surface area contributed by atoms with Gasteiger partial charge in [-0.05, 0) is 31.8 Å². The molecule has 0 atom stereocenters. The Morgan fingerprint density at radius 2 is 1.95 bits per heavy atom. The van der Waals surface area contributed by atoms with Crippen molar-refractivity contribution in [3.8, 4) is 5.75 Å². The van der Waals surface area contributed by atoms with E-state index >= 15 is 0 Å². The van der Waals surface area contributed by atoms with Gasteiger partial charge in [-0.15, -0.1) is 12.4 Å². The summed E-state index contributed by atoms with van der Waals surface area (Å²) in [6.45, 7) is 1.52. The third-order valence-electron chi connectivity index (χ3n) is 2.49. The second-order valence-electron chi connectivity index (χ2n) is 4.41. The lowest BCUT2D eigenvalue weighted by Crippen LogP contribution is -2.10. The first-order chi connectivity index (χ1) is 8.74. The number of hydrogen-bond donors (Lipinski definition) is 0. The van der Waals surface area contributed by atoms with Gasteiger partial charge in [0.15, 0.2) is 5.89 Å². The van der Waals surface area contributed by atoms with E-state index in [0.29, 0.717) is 18.9 Å². The van der Waals surface area contributed by atoms with Crippen molar-refractivity contribution >= 4 is 12.4 Å². The smallest absolute Gasteiger partial charge is 0.197 e. The fourth-order valence-electron chi connectivity index (χ4n) is 1.69. The highest BCUT2D eigenvalue weighted by Crippen LogP contribution is 2.13. The number of halogens is 1. The molecule has 0 N–H and O–H groups in total. The Kier molecular flexibility index (Phi) is 6.39. The van der Waals surface area contributed by atoms with Gasteiger partial charge in [0, 0.05) is 6.54 Å². The SMILES string of the molecule is CN(C)Cc1ccc(OCCc2ncco2)cc1.Cl. The molecule has 0 saturated carbocycles. The van der Waals surface area contributed by atoms with Crippen molar-refractivity contribution in [1.29, 1.82) is 0 Å². The molecule has 0 unspecified atom stereocenters.